The van der Waals surface area contributed by atoms with Crippen molar-refractivity contribution in [2.24, 2.45) is 0 Å². The first-order valence-corrected chi connectivity index (χ1v) is 7.71. The van der Waals surface area contributed by atoms with E-state index in [0.717, 1.165) is 38.5 Å². The zero-order valence-corrected chi connectivity index (χ0v) is 12.9. The minimum atomic E-state index is -0.176. The van der Waals surface area contributed by atoms with Crippen molar-refractivity contribution >= 4 is 17.7 Å². The third kappa shape index (κ3) is 4.81. The van der Waals surface area contributed by atoms with Crippen LogP contribution in [0, 0.1) is 0 Å². The molecule has 120 valence electrons. The maximum Gasteiger partial charge on any atom is 0.248 e. The molecule has 1 fully saturated rings. The van der Waals surface area contributed by atoms with Gasteiger partial charge in [-0.15, -0.1) is 0 Å². The molecule has 2 aromatic rings. The van der Waals surface area contributed by atoms with Crippen molar-refractivity contribution in [3.63, 3.8) is 0 Å². The van der Waals surface area contributed by atoms with Crippen LogP contribution in [0.5, 0.6) is 0 Å². The third-order valence-electron chi connectivity index (χ3n) is 3.65. The minimum absolute atomic E-state index is 0.176. The van der Waals surface area contributed by atoms with Gasteiger partial charge in [0.2, 0.25) is 5.91 Å². The van der Waals surface area contributed by atoms with Crippen LogP contribution in [-0.4, -0.2) is 37.1 Å². The number of ether oxygens (including phenoxy) is 1. The Hall–Kier alpha value is -2.37. The van der Waals surface area contributed by atoms with Crippen LogP contribution >= 0.6 is 0 Å². The zero-order valence-electron chi connectivity index (χ0n) is 12.9. The molecule has 1 saturated heterocycles. The summed E-state index contributed by atoms with van der Waals surface area (Å²) in [6.07, 6.45) is 4.69. The number of carbonyl (C=O) groups excluding carboxylic acids is 1. The fourth-order valence-corrected chi connectivity index (χ4v) is 2.49. The number of hydrogen-bond acceptors (Lipinski definition) is 4. The highest BCUT2D eigenvalue weighted by Gasteiger charge is 2.10. The first-order chi connectivity index (χ1) is 11.3. The van der Waals surface area contributed by atoms with Gasteiger partial charge in [0.15, 0.2) is 0 Å². The predicted molar refractivity (Wildman–Crippen MR) is 88.9 cm³/mol. The standard InChI is InChI=1S/C18H20N2O3/c21-18(7-6-17-5-2-10-23-17)19-16-4-1-3-15(13-16)14-20-8-11-22-12-9-20/h1-7,10,13H,8-9,11-12,14H2,(H,19,21)/b7-6-. The van der Waals surface area contributed by atoms with E-state index in [9.17, 15) is 4.79 Å². The van der Waals surface area contributed by atoms with Gasteiger partial charge in [0, 0.05) is 31.4 Å². The average Bonchev–Trinajstić information content (AvgIpc) is 3.08. The molecule has 2 heterocycles. The first-order valence-electron chi connectivity index (χ1n) is 7.71. The summed E-state index contributed by atoms with van der Waals surface area (Å²) in [5.74, 6) is 0.478. The number of anilines is 1. The van der Waals surface area contributed by atoms with Crippen LogP contribution < -0.4 is 5.32 Å². The Labute approximate surface area is 135 Å². The molecular weight excluding hydrogens is 292 g/mol. The van der Waals surface area contributed by atoms with Crippen LogP contribution in [0.3, 0.4) is 0 Å². The topological polar surface area (TPSA) is 54.7 Å². The Morgan fingerprint density at radius 3 is 2.87 bits per heavy atom. The molecule has 0 bridgehead atoms. The van der Waals surface area contributed by atoms with Crippen LogP contribution in [-0.2, 0) is 16.1 Å². The molecule has 1 aromatic carbocycles. The normalized spacial score (nSPS) is 15.8. The summed E-state index contributed by atoms with van der Waals surface area (Å²) in [5.41, 5.74) is 1.98. The lowest BCUT2D eigenvalue weighted by Gasteiger charge is -2.26. The summed E-state index contributed by atoms with van der Waals surface area (Å²) in [4.78, 5) is 14.3. The number of carbonyl (C=O) groups is 1. The largest absolute Gasteiger partial charge is 0.465 e. The summed E-state index contributed by atoms with van der Waals surface area (Å²) in [6.45, 7) is 4.34. The number of furan rings is 1. The molecule has 1 aliphatic rings. The molecule has 0 aliphatic carbocycles. The Kier molecular flexibility index (Phi) is 5.24. The van der Waals surface area contributed by atoms with E-state index in [1.165, 1.54) is 11.6 Å². The molecule has 0 unspecified atom stereocenters. The van der Waals surface area contributed by atoms with Crippen molar-refractivity contribution in [3.05, 3.63) is 60.1 Å². The van der Waals surface area contributed by atoms with Crippen LogP contribution in [0.2, 0.25) is 0 Å². The highest BCUT2D eigenvalue weighted by molar-refractivity contribution is 6.01. The van der Waals surface area contributed by atoms with Gasteiger partial charge in [-0.25, -0.2) is 0 Å². The van der Waals surface area contributed by atoms with Crippen LogP contribution in [0.15, 0.2) is 53.2 Å². The van der Waals surface area contributed by atoms with Gasteiger partial charge in [0.1, 0.15) is 5.76 Å². The van der Waals surface area contributed by atoms with E-state index in [0.29, 0.717) is 5.76 Å². The van der Waals surface area contributed by atoms with Crippen molar-refractivity contribution < 1.29 is 13.9 Å². The number of morpholine rings is 1. The molecule has 0 spiro atoms. The molecule has 0 atom stereocenters. The minimum Gasteiger partial charge on any atom is -0.465 e. The summed E-state index contributed by atoms with van der Waals surface area (Å²) < 4.78 is 10.5. The number of hydrogen-bond donors (Lipinski definition) is 1. The molecule has 1 aliphatic heterocycles. The zero-order chi connectivity index (χ0) is 15.9. The second-order valence-electron chi connectivity index (χ2n) is 5.43. The molecule has 5 heteroatoms. The van der Waals surface area contributed by atoms with E-state index in [1.807, 2.05) is 18.2 Å². The van der Waals surface area contributed by atoms with Gasteiger partial charge in [-0.2, -0.15) is 0 Å². The lowest BCUT2D eigenvalue weighted by atomic mass is 10.2. The Morgan fingerprint density at radius 1 is 1.22 bits per heavy atom. The summed E-state index contributed by atoms with van der Waals surface area (Å²) >= 11 is 0. The van der Waals surface area contributed by atoms with E-state index in [-0.39, 0.29) is 5.91 Å². The highest BCUT2D eigenvalue weighted by atomic mass is 16.5. The van der Waals surface area contributed by atoms with Crippen LogP contribution in [0.1, 0.15) is 11.3 Å². The number of rotatable bonds is 5. The van der Waals surface area contributed by atoms with Gasteiger partial charge in [-0.1, -0.05) is 12.1 Å². The Balaban J connectivity index is 1.57. The van der Waals surface area contributed by atoms with Gasteiger partial charge < -0.3 is 14.5 Å². The molecule has 3 rings (SSSR count). The van der Waals surface area contributed by atoms with E-state index in [1.54, 1.807) is 24.5 Å². The number of nitrogens with one attached hydrogen (secondary N) is 1. The van der Waals surface area contributed by atoms with Crippen molar-refractivity contribution in [2.45, 2.75) is 6.54 Å². The summed E-state index contributed by atoms with van der Waals surface area (Å²) in [6, 6.07) is 11.5. The molecule has 0 radical (unpaired) electrons. The number of amides is 1. The van der Waals surface area contributed by atoms with Crippen molar-refractivity contribution in [1.82, 2.24) is 4.90 Å². The van der Waals surface area contributed by atoms with Crippen LogP contribution in [0.4, 0.5) is 5.69 Å². The first kappa shape index (κ1) is 15.5. The van der Waals surface area contributed by atoms with Gasteiger partial charge >= 0.3 is 0 Å². The molecule has 0 saturated carbocycles. The number of benzene rings is 1. The van der Waals surface area contributed by atoms with Crippen molar-refractivity contribution in [2.75, 3.05) is 31.6 Å². The van der Waals surface area contributed by atoms with Crippen molar-refractivity contribution in [1.29, 1.82) is 0 Å². The van der Waals surface area contributed by atoms with E-state index < -0.39 is 0 Å². The SMILES string of the molecule is O=C(/C=C\c1ccco1)Nc1cccc(CN2CCOCC2)c1. The molecule has 23 heavy (non-hydrogen) atoms. The average molecular weight is 312 g/mol. The highest BCUT2D eigenvalue weighted by Crippen LogP contribution is 2.14. The fourth-order valence-electron chi connectivity index (χ4n) is 2.49. The maximum atomic E-state index is 11.9. The van der Waals surface area contributed by atoms with E-state index in [2.05, 4.69) is 16.3 Å². The second-order valence-corrected chi connectivity index (χ2v) is 5.43. The summed E-state index contributed by atoms with van der Waals surface area (Å²) in [5, 5.41) is 2.87. The monoisotopic (exact) mass is 312 g/mol. The lowest BCUT2D eigenvalue weighted by Crippen LogP contribution is -2.35. The summed E-state index contributed by atoms with van der Waals surface area (Å²) in [7, 11) is 0. The van der Waals surface area contributed by atoms with E-state index >= 15 is 0 Å². The fraction of sp³-hybridized carbons (Fsp3) is 0.278. The van der Waals surface area contributed by atoms with E-state index in [4.69, 9.17) is 9.15 Å². The quantitative estimate of drug-likeness (QED) is 0.863. The van der Waals surface area contributed by atoms with Crippen LogP contribution in [0.25, 0.3) is 6.08 Å². The van der Waals surface area contributed by atoms with Gasteiger partial charge in [-0.05, 0) is 35.9 Å². The van der Waals surface area contributed by atoms with Crippen molar-refractivity contribution in [3.8, 4) is 0 Å². The predicted octanol–water partition coefficient (Wildman–Crippen LogP) is 2.76. The smallest absolute Gasteiger partial charge is 0.248 e. The molecule has 1 N–H and O–H groups in total. The second kappa shape index (κ2) is 7.76. The third-order valence-corrected chi connectivity index (χ3v) is 3.65. The maximum absolute atomic E-state index is 11.9. The van der Waals surface area contributed by atoms with Gasteiger partial charge in [0.25, 0.3) is 0 Å². The number of nitrogens with zero attached hydrogens (tertiary/aromatic N) is 1. The molecule has 5 nitrogen and oxygen atoms in total. The molecular formula is C18H20N2O3. The van der Waals surface area contributed by atoms with Gasteiger partial charge in [-0.3, -0.25) is 9.69 Å². The molecule has 1 aromatic heterocycles. The van der Waals surface area contributed by atoms with Gasteiger partial charge in [0.05, 0.1) is 19.5 Å². The Morgan fingerprint density at radius 2 is 2.09 bits per heavy atom. The molecule has 1 amide bonds. The Bertz CT molecular complexity index is 659. The lowest BCUT2D eigenvalue weighted by molar-refractivity contribution is -0.111.